The van der Waals surface area contributed by atoms with Crippen molar-refractivity contribution in [1.29, 1.82) is 0 Å². The average molecular weight is 310 g/mol. The first-order valence-electron chi connectivity index (χ1n) is 7.15. The first-order chi connectivity index (χ1) is 9.99. The Morgan fingerprint density at radius 3 is 2.71 bits per heavy atom. The van der Waals surface area contributed by atoms with Crippen molar-refractivity contribution >= 4 is 23.2 Å². The molecule has 2 heterocycles. The molecule has 7 heteroatoms. The number of carbonyl (C=O) groups is 2. The van der Waals surface area contributed by atoms with E-state index in [0.717, 1.165) is 30.9 Å². The van der Waals surface area contributed by atoms with Crippen molar-refractivity contribution in [2.45, 2.75) is 25.8 Å². The Labute approximate surface area is 128 Å². The van der Waals surface area contributed by atoms with Crippen molar-refractivity contribution in [3.63, 3.8) is 0 Å². The summed E-state index contributed by atoms with van der Waals surface area (Å²) in [6, 6.07) is 0.00106. The highest BCUT2D eigenvalue weighted by molar-refractivity contribution is 7.09. The molecule has 1 atom stereocenters. The Morgan fingerprint density at radius 1 is 1.52 bits per heavy atom. The summed E-state index contributed by atoms with van der Waals surface area (Å²) in [5, 5.41) is 2.88. The van der Waals surface area contributed by atoms with E-state index in [4.69, 9.17) is 5.73 Å². The van der Waals surface area contributed by atoms with E-state index in [-0.39, 0.29) is 30.3 Å². The number of rotatable bonds is 5. The van der Waals surface area contributed by atoms with Crippen LogP contribution in [0.3, 0.4) is 0 Å². The number of nitrogens with zero attached hydrogens (tertiary/aromatic N) is 3. The van der Waals surface area contributed by atoms with Gasteiger partial charge in [-0.15, -0.1) is 11.3 Å². The third kappa shape index (κ3) is 4.01. The monoisotopic (exact) mass is 310 g/mol. The third-order valence-electron chi connectivity index (χ3n) is 4.05. The smallest absolute Gasteiger partial charge is 0.231 e. The van der Waals surface area contributed by atoms with Crippen molar-refractivity contribution in [3.05, 3.63) is 16.6 Å². The third-order valence-corrected chi connectivity index (χ3v) is 5.00. The minimum Gasteiger partial charge on any atom is -0.369 e. The summed E-state index contributed by atoms with van der Waals surface area (Å²) in [7, 11) is 1.84. The number of hydrogen-bond donors (Lipinski definition) is 1. The van der Waals surface area contributed by atoms with Gasteiger partial charge in [0, 0.05) is 24.5 Å². The molecule has 0 unspecified atom stereocenters. The molecule has 2 rings (SSSR count). The van der Waals surface area contributed by atoms with E-state index in [1.807, 2.05) is 24.3 Å². The van der Waals surface area contributed by atoms with E-state index >= 15 is 0 Å². The first kappa shape index (κ1) is 15.9. The van der Waals surface area contributed by atoms with E-state index in [2.05, 4.69) is 4.98 Å². The lowest BCUT2D eigenvalue weighted by Crippen LogP contribution is -2.44. The molecule has 0 saturated carbocycles. The molecule has 0 radical (unpaired) electrons. The van der Waals surface area contributed by atoms with Crippen LogP contribution in [0, 0.1) is 5.92 Å². The average Bonchev–Trinajstić information content (AvgIpc) is 2.99. The second kappa shape index (κ2) is 7.00. The number of thiazole rings is 1. The van der Waals surface area contributed by atoms with Crippen LogP contribution in [0.1, 0.15) is 30.8 Å². The predicted octanol–water partition coefficient (Wildman–Crippen LogP) is 0.860. The quantitative estimate of drug-likeness (QED) is 0.875. The molecule has 0 bridgehead atoms. The topological polar surface area (TPSA) is 79.5 Å². The fourth-order valence-corrected chi connectivity index (χ4v) is 3.38. The summed E-state index contributed by atoms with van der Waals surface area (Å²) in [5.41, 5.74) is 5.20. The molecule has 116 valence electrons. The van der Waals surface area contributed by atoms with Crippen molar-refractivity contribution in [3.8, 4) is 0 Å². The van der Waals surface area contributed by atoms with Crippen LogP contribution in [-0.4, -0.2) is 53.3 Å². The van der Waals surface area contributed by atoms with Crippen LogP contribution >= 0.6 is 11.3 Å². The van der Waals surface area contributed by atoms with Gasteiger partial charge >= 0.3 is 0 Å². The summed E-state index contributed by atoms with van der Waals surface area (Å²) in [4.78, 5) is 31.5. The Morgan fingerprint density at radius 2 is 2.19 bits per heavy atom. The molecule has 2 amide bonds. The second-order valence-electron chi connectivity index (χ2n) is 5.51. The summed E-state index contributed by atoms with van der Waals surface area (Å²) < 4.78 is 0. The highest BCUT2D eigenvalue weighted by Gasteiger charge is 2.30. The van der Waals surface area contributed by atoms with Crippen LogP contribution in [0.4, 0.5) is 0 Å². The number of likely N-dealkylation sites (tertiary alicyclic amines) is 1. The van der Waals surface area contributed by atoms with E-state index in [0.29, 0.717) is 0 Å². The SMILES string of the molecule is C[C@@H](c1nccs1)N(C)C(=O)C1CCN(CC(N)=O)CC1. The number of hydrogen-bond acceptors (Lipinski definition) is 5. The number of piperidine rings is 1. The van der Waals surface area contributed by atoms with Gasteiger partial charge in [-0.1, -0.05) is 0 Å². The normalized spacial score (nSPS) is 18.4. The van der Waals surface area contributed by atoms with Gasteiger partial charge < -0.3 is 10.6 Å². The highest BCUT2D eigenvalue weighted by Crippen LogP contribution is 2.25. The molecule has 1 aromatic rings. The molecule has 0 aromatic carbocycles. The molecule has 21 heavy (non-hydrogen) atoms. The van der Waals surface area contributed by atoms with Gasteiger partial charge in [-0.2, -0.15) is 0 Å². The van der Waals surface area contributed by atoms with Crippen LogP contribution in [0.2, 0.25) is 0 Å². The van der Waals surface area contributed by atoms with Gasteiger partial charge in [0.15, 0.2) is 0 Å². The van der Waals surface area contributed by atoms with Crippen LogP contribution in [-0.2, 0) is 9.59 Å². The molecular formula is C14H22N4O2S. The zero-order chi connectivity index (χ0) is 15.4. The minimum atomic E-state index is -0.311. The molecular weight excluding hydrogens is 288 g/mol. The van der Waals surface area contributed by atoms with Gasteiger partial charge in [-0.25, -0.2) is 4.98 Å². The van der Waals surface area contributed by atoms with E-state index < -0.39 is 0 Å². The minimum absolute atomic E-state index is 0.00106. The highest BCUT2D eigenvalue weighted by atomic mass is 32.1. The molecule has 0 spiro atoms. The van der Waals surface area contributed by atoms with Gasteiger partial charge in [0.1, 0.15) is 5.01 Å². The number of nitrogens with two attached hydrogens (primary N) is 1. The van der Waals surface area contributed by atoms with Gasteiger partial charge in [-0.3, -0.25) is 14.5 Å². The molecule has 1 aliphatic rings. The van der Waals surface area contributed by atoms with Crippen LogP contribution < -0.4 is 5.73 Å². The van der Waals surface area contributed by atoms with Gasteiger partial charge in [0.25, 0.3) is 0 Å². The molecule has 1 aliphatic heterocycles. The van der Waals surface area contributed by atoms with Crippen molar-refractivity contribution in [1.82, 2.24) is 14.8 Å². The van der Waals surface area contributed by atoms with Gasteiger partial charge in [-0.05, 0) is 32.9 Å². The van der Waals surface area contributed by atoms with E-state index in [9.17, 15) is 9.59 Å². The molecule has 1 saturated heterocycles. The number of amides is 2. The van der Waals surface area contributed by atoms with Crippen molar-refractivity contribution in [2.75, 3.05) is 26.7 Å². The summed E-state index contributed by atoms with van der Waals surface area (Å²) in [6.45, 7) is 3.78. The van der Waals surface area contributed by atoms with Crippen LogP contribution in [0.15, 0.2) is 11.6 Å². The second-order valence-corrected chi connectivity index (χ2v) is 6.44. The first-order valence-corrected chi connectivity index (χ1v) is 8.03. The van der Waals surface area contributed by atoms with E-state index in [1.54, 1.807) is 22.4 Å². The summed E-state index contributed by atoms with van der Waals surface area (Å²) in [5.74, 6) is -0.118. The lowest BCUT2D eigenvalue weighted by Gasteiger charge is -2.34. The maximum absolute atomic E-state index is 12.6. The van der Waals surface area contributed by atoms with E-state index in [1.165, 1.54) is 0 Å². The number of primary amides is 1. The van der Waals surface area contributed by atoms with Crippen LogP contribution in [0.5, 0.6) is 0 Å². The maximum atomic E-state index is 12.6. The fraction of sp³-hybridized carbons (Fsp3) is 0.643. The van der Waals surface area contributed by atoms with Crippen molar-refractivity contribution in [2.24, 2.45) is 11.7 Å². The Balaban J connectivity index is 1.88. The van der Waals surface area contributed by atoms with Crippen molar-refractivity contribution < 1.29 is 9.59 Å². The molecule has 0 aliphatic carbocycles. The Kier molecular flexibility index (Phi) is 5.30. The number of carbonyl (C=O) groups excluding carboxylic acids is 2. The lowest BCUT2D eigenvalue weighted by atomic mass is 9.95. The Bertz CT molecular complexity index is 483. The fourth-order valence-electron chi connectivity index (χ4n) is 2.64. The maximum Gasteiger partial charge on any atom is 0.231 e. The Hall–Kier alpha value is -1.47. The lowest BCUT2D eigenvalue weighted by molar-refractivity contribution is -0.137. The van der Waals surface area contributed by atoms with Gasteiger partial charge in [0.05, 0.1) is 12.6 Å². The summed E-state index contributed by atoms with van der Waals surface area (Å²) in [6.07, 6.45) is 3.32. The number of aromatic nitrogens is 1. The standard InChI is InChI=1S/C14H22N4O2S/c1-10(13-16-5-8-21-13)17(2)14(20)11-3-6-18(7-4-11)9-12(15)19/h5,8,10-11H,3-4,6-7,9H2,1-2H3,(H2,15,19)/t10-/m0/s1. The zero-order valence-corrected chi connectivity index (χ0v) is 13.3. The molecule has 1 fully saturated rings. The molecule has 2 N–H and O–H groups in total. The molecule has 6 nitrogen and oxygen atoms in total. The summed E-state index contributed by atoms with van der Waals surface area (Å²) >= 11 is 1.57. The van der Waals surface area contributed by atoms with Gasteiger partial charge in [0.2, 0.25) is 11.8 Å². The predicted molar refractivity (Wildman–Crippen MR) is 81.7 cm³/mol. The largest absolute Gasteiger partial charge is 0.369 e. The molecule has 1 aromatic heterocycles. The van der Waals surface area contributed by atoms with Crippen LogP contribution in [0.25, 0.3) is 0 Å². The zero-order valence-electron chi connectivity index (χ0n) is 12.5.